The number of unbranched alkanes of at least 4 members (excludes halogenated alkanes) is 9. The Morgan fingerprint density at radius 3 is 1.21 bits per heavy atom. The summed E-state index contributed by atoms with van der Waals surface area (Å²) < 4.78 is 4.08. The third kappa shape index (κ3) is 8.66. The van der Waals surface area contributed by atoms with Crippen LogP contribution in [0, 0.1) is 0 Å². The van der Waals surface area contributed by atoms with Crippen LogP contribution >= 0.6 is 23.2 Å². The number of aryl methyl sites for hydroxylation is 2. The lowest BCUT2D eigenvalue weighted by molar-refractivity contribution is -0.683. The standard InChI is InChI=1S/C22H32Cl2N4/c23-19-11-13-21(25)27(17-19)15-9-7-5-3-1-2-4-6-8-10-16-28-18-20(24)12-14-22(28)26/h11-14,17-18,25-26H,1-10,15-16H2/p+2. The molecule has 0 radical (unpaired) electrons. The molecule has 0 spiro atoms. The van der Waals surface area contributed by atoms with Gasteiger partial charge in [0.15, 0.2) is 0 Å². The number of nitrogens with two attached hydrogens (primary N) is 2. The Kier molecular flexibility index (Phi) is 10.4. The Morgan fingerprint density at radius 1 is 0.536 bits per heavy atom. The molecule has 0 aliphatic carbocycles. The number of pyridine rings is 2. The summed E-state index contributed by atoms with van der Waals surface area (Å²) in [6, 6.07) is 7.40. The molecule has 0 amide bonds. The third-order valence-corrected chi connectivity index (χ3v) is 5.54. The van der Waals surface area contributed by atoms with Gasteiger partial charge in [-0.1, -0.05) is 61.7 Å². The van der Waals surface area contributed by atoms with Gasteiger partial charge in [-0.25, -0.2) is 9.13 Å². The molecule has 0 saturated heterocycles. The minimum atomic E-state index is 0.740. The number of hydrogen-bond acceptors (Lipinski definition) is 2. The molecule has 0 atom stereocenters. The summed E-state index contributed by atoms with van der Waals surface area (Å²) in [6.07, 6.45) is 16.5. The molecule has 2 aromatic heterocycles. The van der Waals surface area contributed by atoms with Gasteiger partial charge in [0.25, 0.3) is 11.6 Å². The number of aromatic nitrogens is 2. The van der Waals surface area contributed by atoms with Gasteiger partial charge >= 0.3 is 0 Å². The highest BCUT2D eigenvalue weighted by molar-refractivity contribution is 6.30. The zero-order chi connectivity index (χ0) is 20.2. The summed E-state index contributed by atoms with van der Waals surface area (Å²) >= 11 is 12.0. The number of nitrogen functional groups attached to an aromatic ring is 2. The molecule has 0 aliphatic rings. The van der Waals surface area contributed by atoms with E-state index in [4.69, 9.17) is 34.7 Å². The molecule has 28 heavy (non-hydrogen) atoms. The fourth-order valence-corrected chi connectivity index (χ4v) is 3.78. The molecule has 0 saturated carbocycles. The van der Waals surface area contributed by atoms with Crippen LogP contribution in [0.2, 0.25) is 10.0 Å². The molecule has 2 heterocycles. The van der Waals surface area contributed by atoms with Gasteiger partial charge in [-0.2, -0.15) is 0 Å². The molecule has 154 valence electrons. The van der Waals surface area contributed by atoms with E-state index in [1.807, 2.05) is 45.8 Å². The number of halogens is 2. The zero-order valence-corrected chi connectivity index (χ0v) is 18.3. The lowest BCUT2D eigenvalue weighted by Gasteiger charge is -2.05. The van der Waals surface area contributed by atoms with Crippen molar-refractivity contribution in [3.05, 3.63) is 46.7 Å². The SMILES string of the molecule is Nc1ccc(Cl)c[n+]1CCCCCCCCCCCC[n+]1cc(Cl)ccc1N. The van der Waals surface area contributed by atoms with Crippen LogP contribution in [-0.4, -0.2) is 0 Å². The molecule has 0 aromatic carbocycles. The second-order valence-electron chi connectivity index (χ2n) is 7.47. The summed E-state index contributed by atoms with van der Waals surface area (Å²) in [5.41, 5.74) is 11.9. The van der Waals surface area contributed by atoms with E-state index < -0.39 is 0 Å². The first-order chi connectivity index (χ1) is 13.6. The van der Waals surface area contributed by atoms with Gasteiger partial charge < -0.3 is 0 Å². The summed E-state index contributed by atoms with van der Waals surface area (Å²) in [5, 5.41) is 1.48. The van der Waals surface area contributed by atoms with Crippen LogP contribution in [0.3, 0.4) is 0 Å². The van der Waals surface area contributed by atoms with Crippen LogP contribution in [0.25, 0.3) is 0 Å². The molecule has 0 bridgehead atoms. The van der Waals surface area contributed by atoms with E-state index in [2.05, 4.69) is 0 Å². The Bertz CT molecular complexity index is 660. The Hall–Kier alpha value is -1.52. The van der Waals surface area contributed by atoms with Gasteiger partial charge in [0.1, 0.15) is 12.4 Å². The van der Waals surface area contributed by atoms with Crippen molar-refractivity contribution in [1.82, 2.24) is 0 Å². The van der Waals surface area contributed by atoms with Crippen molar-refractivity contribution in [1.29, 1.82) is 0 Å². The van der Waals surface area contributed by atoms with Gasteiger partial charge in [-0.3, -0.25) is 11.5 Å². The first kappa shape index (κ1) is 22.8. The lowest BCUT2D eigenvalue weighted by atomic mass is 10.1. The number of nitrogens with zero attached hydrogens (tertiary/aromatic N) is 2. The van der Waals surface area contributed by atoms with Crippen molar-refractivity contribution < 1.29 is 9.13 Å². The number of anilines is 2. The third-order valence-electron chi connectivity index (χ3n) is 5.10. The Balaban J connectivity index is 1.41. The fraction of sp³-hybridized carbons (Fsp3) is 0.545. The van der Waals surface area contributed by atoms with Crippen LogP contribution < -0.4 is 20.6 Å². The van der Waals surface area contributed by atoms with Gasteiger partial charge in [-0.15, -0.1) is 0 Å². The van der Waals surface area contributed by atoms with E-state index in [1.54, 1.807) is 0 Å². The summed E-state index contributed by atoms with van der Waals surface area (Å²) in [6.45, 7) is 1.89. The summed E-state index contributed by atoms with van der Waals surface area (Å²) in [5.74, 6) is 1.56. The lowest BCUT2D eigenvalue weighted by Crippen LogP contribution is -2.36. The van der Waals surface area contributed by atoms with Crippen LogP contribution in [0.4, 0.5) is 11.6 Å². The first-order valence-electron chi connectivity index (χ1n) is 10.5. The molecule has 2 aromatic rings. The monoisotopic (exact) mass is 424 g/mol. The van der Waals surface area contributed by atoms with Crippen molar-refractivity contribution in [3.63, 3.8) is 0 Å². The smallest absolute Gasteiger partial charge is 0.272 e. The predicted molar refractivity (Wildman–Crippen MR) is 118 cm³/mol. The van der Waals surface area contributed by atoms with Crippen LogP contribution in [0.1, 0.15) is 64.2 Å². The van der Waals surface area contributed by atoms with Crippen LogP contribution in [0.15, 0.2) is 36.7 Å². The van der Waals surface area contributed by atoms with Gasteiger partial charge in [0.05, 0.1) is 23.1 Å². The topological polar surface area (TPSA) is 59.8 Å². The second kappa shape index (κ2) is 12.8. The van der Waals surface area contributed by atoms with Crippen LogP contribution in [-0.2, 0) is 13.1 Å². The van der Waals surface area contributed by atoms with Crippen molar-refractivity contribution in [3.8, 4) is 0 Å². The second-order valence-corrected chi connectivity index (χ2v) is 8.34. The van der Waals surface area contributed by atoms with Crippen LogP contribution in [0.5, 0.6) is 0 Å². The molecule has 0 fully saturated rings. The average Bonchev–Trinajstić information content (AvgIpc) is 2.67. The first-order valence-corrected chi connectivity index (χ1v) is 11.2. The van der Waals surface area contributed by atoms with E-state index in [0.29, 0.717) is 0 Å². The molecule has 6 heteroatoms. The van der Waals surface area contributed by atoms with Crippen molar-refractivity contribution >= 4 is 34.8 Å². The molecule has 4 nitrogen and oxygen atoms in total. The highest BCUT2D eigenvalue weighted by atomic mass is 35.5. The van der Waals surface area contributed by atoms with Gasteiger partial charge in [0.2, 0.25) is 0 Å². The van der Waals surface area contributed by atoms with E-state index in [-0.39, 0.29) is 0 Å². The molecule has 4 N–H and O–H groups in total. The number of hydrogen-bond donors (Lipinski definition) is 2. The maximum Gasteiger partial charge on any atom is 0.272 e. The molecular formula is C22H34Cl2N4+2. The quantitative estimate of drug-likeness (QED) is 0.336. The maximum atomic E-state index is 6.02. The highest BCUT2D eigenvalue weighted by Crippen LogP contribution is 2.12. The zero-order valence-electron chi connectivity index (χ0n) is 16.8. The largest absolute Gasteiger partial charge is 0.287 e. The van der Waals surface area contributed by atoms with E-state index >= 15 is 0 Å². The average molecular weight is 425 g/mol. The molecular weight excluding hydrogens is 391 g/mol. The highest BCUT2D eigenvalue weighted by Gasteiger charge is 2.05. The molecule has 0 aliphatic heterocycles. The van der Waals surface area contributed by atoms with E-state index in [0.717, 1.165) is 47.6 Å². The Morgan fingerprint density at radius 2 is 0.857 bits per heavy atom. The van der Waals surface area contributed by atoms with Crippen molar-refractivity contribution in [2.24, 2.45) is 0 Å². The minimum absolute atomic E-state index is 0.740. The normalized spacial score (nSPS) is 11.1. The maximum absolute atomic E-state index is 6.02. The Labute approximate surface area is 179 Å². The summed E-state index contributed by atoms with van der Waals surface area (Å²) in [7, 11) is 0. The minimum Gasteiger partial charge on any atom is -0.287 e. The number of rotatable bonds is 13. The van der Waals surface area contributed by atoms with Gasteiger partial charge in [-0.05, 0) is 37.8 Å². The molecule has 2 rings (SSSR count). The fourth-order valence-electron chi connectivity index (χ4n) is 3.42. The summed E-state index contributed by atoms with van der Waals surface area (Å²) in [4.78, 5) is 0. The van der Waals surface area contributed by atoms with Crippen molar-refractivity contribution in [2.75, 3.05) is 11.5 Å². The molecule has 0 unspecified atom stereocenters. The van der Waals surface area contributed by atoms with Crippen molar-refractivity contribution in [2.45, 2.75) is 77.3 Å². The van der Waals surface area contributed by atoms with Gasteiger partial charge in [0, 0.05) is 12.1 Å². The predicted octanol–water partition coefficient (Wildman–Crippen LogP) is 5.33. The van der Waals surface area contributed by atoms with E-state index in [9.17, 15) is 0 Å². The van der Waals surface area contributed by atoms with E-state index in [1.165, 1.54) is 51.4 Å².